The Morgan fingerprint density at radius 2 is 2.00 bits per heavy atom. The van der Waals surface area contributed by atoms with Gasteiger partial charge in [-0.15, -0.1) is 0 Å². The Bertz CT molecular complexity index is 426. The van der Waals surface area contributed by atoms with Gasteiger partial charge >= 0.3 is 0 Å². The van der Waals surface area contributed by atoms with Crippen LogP contribution < -0.4 is 16.6 Å². The molecule has 1 aromatic rings. The topological polar surface area (TPSA) is 75.9 Å². The first-order valence-electron chi connectivity index (χ1n) is 7.17. The molecule has 1 fully saturated rings. The van der Waals surface area contributed by atoms with E-state index in [9.17, 15) is 0 Å². The Balaban J connectivity index is 2.11. The molecule has 0 aromatic carbocycles. The van der Waals surface area contributed by atoms with Crippen molar-refractivity contribution in [1.29, 1.82) is 0 Å². The molecule has 106 valence electrons. The van der Waals surface area contributed by atoms with Gasteiger partial charge in [-0.25, -0.2) is 15.8 Å². The van der Waals surface area contributed by atoms with Crippen LogP contribution in [0.2, 0.25) is 0 Å². The van der Waals surface area contributed by atoms with Crippen molar-refractivity contribution in [1.82, 2.24) is 9.97 Å². The summed E-state index contributed by atoms with van der Waals surface area (Å²) in [5.74, 6) is 7.49. The van der Waals surface area contributed by atoms with Gasteiger partial charge in [0.25, 0.3) is 0 Å². The van der Waals surface area contributed by atoms with Crippen LogP contribution in [0.1, 0.15) is 57.9 Å². The van der Waals surface area contributed by atoms with Crippen molar-refractivity contribution in [3.05, 3.63) is 11.9 Å². The quantitative estimate of drug-likeness (QED) is 0.521. The average molecular weight is 263 g/mol. The van der Waals surface area contributed by atoms with Gasteiger partial charge in [0.1, 0.15) is 18.0 Å². The van der Waals surface area contributed by atoms with Crippen molar-refractivity contribution >= 4 is 11.6 Å². The first kappa shape index (κ1) is 14.1. The lowest BCUT2D eigenvalue weighted by Crippen LogP contribution is -2.19. The highest BCUT2D eigenvalue weighted by Gasteiger charge is 2.41. The Hall–Kier alpha value is -1.36. The highest BCUT2D eigenvalue weighted by Crippen LogP contribution is 2.49. The van der Waals surface area contributed by atoms with E-state index >= 15 is 0 Å². The van der Waals surface area contributed by atoms with Gasteiger partial charge < -0.3 is 10.7 Å². The number of nitrogens with one attached hydrogen (secondary N) is 2. The van der Waals surface area contributed by atoms with Crippen LogP contribution in [0.4, 0.5) is 11.6 Å². The first-order chi connectivity index (χ1) is 9.12. The molecular weight excluding hydrogens is 238 g/mol. The molecule has 1 heterocycles. The summed E-state index contributed by atoms with van der Waals surface area (Å²) in [6.07, 6.45) is 6.76. The highest BCUT2D eigenvalue weighted by molar-refractivity contribution is 5.58. The van der Waals surface area contributed by atoms with Crippen LogP contribution >= 0.6 is 0 Å². The van der Waals surface area contributed by atoms with Crippen molar-refractivity contribution in [3.63, 3.8) is 0 Å². The van der Waals surface area contributed by atoms with Gasteiger partial charge in [0.05, 0.1) is 0 Å². The molecule has 5 nitrogen and oxygen atoms in total. The molecule has 0 saturated heterocycles. The lowest BCUT2D eigenvalue weighted by atomic mass is 10.00. The third kappa shape index (κ3) is 3.15. The molecule has 0 aliphatic heterocycles. The van der Waals surface area contributed by atoms with Gasteiger partial charge in [-0.1, -0.05) is 27.2 Å². The third-order valence-electron chi connectivity index (χ3n) is 3.97. The minimum Gasteiger partial charge on any atom is -0.369 e. The number of nitrogens with two attached hydrogens (primary N) is 1. The molecule has 2 rings (SSSR count). The van der Waals surface area contributed by atoms with Crippen LogP contribution in [-0.2, 0) is 0 Å². The smallest absolute Gasteiger partial charge is 0.148 e. The molecule has 0 atom stereocenters. The number of aromatic nitrogens is 2. The number of nitrogen functional groups attached to an aromatic ring is 1. The average Bonchev–Trinajstić information content (AvgIpc) is 3.16. The summed E-state index contributed by atoms with van der Waals surface area (Å²) in [5, 5.41) is 3.51. The molecule has 0 spiro atoms. The van der Waals surface area contributed by atoms with Gasteiger partial charge in [0, 0.05) is 12.1 Å². The third-order valence-corrected chi connectivity index (χ3v) is 3.97. The zero-order valence-electron chi connectivity index (χ0n) is 12.2. The van der Waals surface area contributed by atoms with E-state index in [4.69, 9.17) is 5.84 Å². The van der Waals surface area contributed by atoms with E-state index in [1.54, 1.807) is 6.33 Å². The normalized spacial score (nSPS) is 16.5. The second-order valence-corrected chi connectivity index (χ2v) is 5.89. The molecule has 19 heavy (non-hydrogen) atoms. The predicted octanol–water partition coefficient (Wildman–Crippen LogP) is 2.88. The fraction of sp³-hybridized carbons (Fsp3) is 0.714. The van der Waals surface area contributed by atoms with E-state index in [1.165, 1.54) is 25.7 Å². The first-order valence-corrected chi connectivity index (χ1v) is 7.17. The van der Waals surface area contributed by atoms with Crippen LogP contribution in [0, 0.1) is 5.41 Å². The molecule has 1 aromatic heterocycles. The fourth-order valence-electron chi connectivity index (χ4n) is 2.69. The number of hydrogen-bond donors (Lipinski definition) is 3. The standard InChI is InChI=1S/C14H25N5/c1-4-5-14(6-7-14)8-16-12-11(10(2)3)13(19-15)18-9-17-12/h9-10H,4-8,15H2,1-3H3,(H2,16,17,18,19). The molecule has 0 amide bonds. The van der Waals surface area contributed by atoms with E-state index in [0.717, 1.165) is 17.9 Å². The summed E-state index contributed by atoms with van der Waals surface area (Å²) in [6.45, 7) is 7.51. The van der Waals surface area contributed by atoms with Crippen molar-refractivity contribution in [2.45, 2.75) is 52.4 Å². The van der Waals surface area contributed by atoms with Crippen LogP contribution in [0.25, 0.3) is 0 Å². The molecule has 1 aliphatic carbocycles. The number of rotatable bonds is 7. The maximum atomic E-state index is 5.53. The molecule has 5 heteroatoms. The SMILES string of the molecule is CCCC1(CNc2ncnc(NN)c2C(C)C)CC1. The zero-order valence-corrected chi connectivity index (χ0v) is 12.2. The Kier molecular flexibility index (Phi) is 4.24. The maximum absolute atomic E-state index is 5.53. The monoisotopic (exact) mass is 263 g/mol. The summed E-state index contributed by atoms with van der Waals surface area (Å²) >= 11 is 0. The number of hydrazine groups is 1. The largest absolute Gasteiger partial charge is 0.369 e. The zero-order chi connectivity index (χ0) is 13.9. The summed E-state index contributed by atoms with van der Waals surface area (Å²) in [5.41, 5.74) is 4.24. The fourth-order valence-corrected chi connectivity index (χ4v) is 2.69. The van der Waals surface area contributed by atoms with E-state index < -0.39 is 0 Å². The molecule has 4 N–H and O–H groups in total. The minimum atomic E-state index is 0.330. The lowest BCUT2D eigenvalue weighted by Gasteiger charge is -2.19. The Morgan fingerprint density at radius 1 is 1.32 bits per heavy atom. The molecule has 1 aliphatic rings. The van der Waals surface area contributed by atoms with Gasteiger partial charge in [-0.05, 0) is 30.6 Å². The maximum Gasteiger partial charge on any atom is 0.148 e. The molecule has 0 bridgehead atoms. The van der Waals surface area contributed by atoms with Crippen LogP contribution in [0.15, 0.2) is 6.33 Å². The van der Waals surface area contributed by atoms with Gasteiger partial charge in [0.15, 0.2) is 0 Å². The van der Waals surface area contributed by atoms with E-state index in [2.05, 4.69) is 41.5 Å². The minimum absolute atomic E-state index is 0.330. The lowest BCUT2D eigenvalue weighted by molar-refractivity contribution is 0.484. The second kappa shape index (κ2) is 5.74. The van der Waals surface area contributed by atoms with Crippen molar-refractivity contribution in [2.75, 3.05) is 17.3 Å². The van der Waals surface area contributed by atoms with Crippen LogP contribution in [0.5, 0.6) is 0 Å². The molecule has 0 unspecified atom stereocenters. The number of hydrogen-bond acceptors (Lipinski definition) is 5. The molecular formula is C14H25N5. The van der Waals surface area contributed by atoms with E-state index in [-0.39, 0.29) is 0 Å². The van der Waals surface area contributed by atoms with E-state index in [0.29, 0.717) is 17.2 Å². The molecule has 1 saturated carbocycles. The van der Waals surface area contributed by atoms with Gasteiger partial charge in [0.2, 0.25) is 0 Å². The predicted molar refractivity (Wildman–Crippen MR) is 79.0 cm³/mol. The van der Waals surface area contributed by atoms with Gasteiger partial charge in [-0.3, -0.25) is 0 Å². The number of anilines is 2. The van der Waals surface area contributed by atoms with Crippen molar-refractivity contribution in [2.24, 2.45) is 11.3 Å². The van der Waals surface area contributed by atoms with Crippen molar-refractivity contribution < 1.29 is 0 Å². The van der Waals surface area contributed by atoms with E-state index in [1.807, 2.05) is 0 Å². The van der Waals surface area contributed by atoms with Crippen LogP contribution in [-0.4, -0.2) is 16.5 Å². The summed E-state index contributed by atoms with van der Waals surface area (Å²) in [7, 11) is 0. The Labute approximate surface area is 115 Å². The summed E-state index contributed by atoms with van der Waals surface area (Å²) in [4.78, 5) is 8.57. The van der Waals surface area contributed by atoms with Crippen LogP contribution in [0.3, 0.4) is 0 Å². The molecule has 0 radical (unpaired) electrons. The van der Waals surface area contributed by atoms with Gasteiger partial charge in [-0.2, -0.15) is 0 Å². The highest BCUT2D eigenvalue weighted by atomic mass is 15.3. The van der Waals surface area contributed by atoms with Crippen molar-refractivity contribution in [3.8, 4) is 0 Å². The second-order valence-electron chi connectivity index (χ2n) is 5.89. The Morgan fingerprint density at radius 3 is 2.53 bits per heavy atom. The number of nitrogens with zero attached hydrogens (tertiary/aromatic N) is 2. The summed E-state index contributed by atoms with van der Waals surface area (Å²) in [6, 6.07) is 0. The summed E-state index contributed by atoms with van der Waals surface area (Å²) < 4.78 is 0.